The number of carbonyl (C=O) groups is 1. The van der Waals surface area contributed by atoms with Crippen LogP contribution >= 0.6 is 22.6 Å². The van der Waals surface area contributed by atoms with E-state index in [9.17, 15) is 4.79 Å². The molecule has 1 saturated carbocycles. The fourth-order valence-corrected chi connectivity index (χ4v) is 2.38. The van der Waals surface area contributed by atoms with Gasteiger partial charge in [0, 0.05) is 10.3 Å². The molecule has 12 heavy (non-hydrogen) atoms. The highest BCUT2D eigenvalue weighted by atomic mass is 127. The third kappa shape index (κ3) is 2.92. The summed E-state index contributed by atoms with van der Waals surface area (Å²) >= 11 is 2.39. The molecule has 0 aromatic carbocycles. The number of hydrogen-bond donors (Lipinski definition) is 0. The summed E-state index contributed by atoms with van der Waals surface area (Å²) in [6.45, 7) is 1.84. The lowest BCUT2D eigenvalue weighted by Crippen LogP contribution is -2.29. The van der Waals surface area contributed by atoms with E-state index in [4.69, 9.17) is 4.74 Å². The van der Waals surface area contributed by atoms with Crippen molar-refractivity contribution in [3.05, 3.63) is 0 Å². The molecule has 0 amide bonds. The molecule has 0 aliphatic heterocycles. The molecule has 0 aromatic rings. The van der Waals surface area contributed by atoms with Crippen molar-refractivity contribution in [3.63, 3.8) is 0 Å². The third-order valence-corrected chi connectivity index (χ3v) is 3.62. The van der Waals surface area contributed by atoms with Crippen LogP contribution in [0.5, 0.6) is 0 Å². The van der Waals surface area contributed by atoms with Crippen molar-refractivity contribution in [3.8, 4) is 0 Å². The molecule has 0 radical (unpaired) electrons. The lowest BCUT2D eigenvalue weighted by molar-refractivity contribution is -0.149. The fourth-order valence-electron chi connectivity index (χ4n) is 1.44. The van der Waals surface area contributed by atoms with Crippen LogP contribution in [0.1, 0.15) is 39.0 Å². The molecule has 1 aliphatic carbocycles. The number of esters is 1. The Bertz CT molecular complexity index is 159. The molecule has 0 spiro atoms. The van der Waals surface area contributed by atoms with E-state index in [1.54, 1.807) is 0 Å². The molecule has 70 valence electrons. The summed E-state index contributed by atoms with van der Waals surface area (Å²) in [4.78, 5) is 11.0. The van der Waals surface area contributed by atoms with E-state index in [-0.39, 0.29) is 12.1 Å². The Hall–Kier alpha value is 0.200. The monoisotopic (exact) mass is 282 g/mol. The second-order valence-corrected chi connectivity index (χ2v) is 4.78. The van der Waals surface area contributed by atoms with Gasteiger partial charge in [0.1, 0.15) is 6.10 Å². The zero-order chi connectivity index (χ0) is 8.97. The number of rotatable bonds is 2. The number of ether oxygens (including phenoxy) is 1. The summed E-state index contributed by atoms with van der Waals surface area (Å²) in [5, 5.41) is 0. The quantitative estimate of drug-likeness (QED) is 0.442. The van der Waals surface area contributed by atoms with Crippen LogP contribution in [-0.2, 0) is 9.53 Å². The minimum atomic E-state index is -0.0523. The van der Waals surface area contributed by atoms with Gasteiger partial charge in [0.25, 0.3) is 0 Å². The van der Waals surface area contributed by atoms with E-state index in [0.29, 0.717) is 10.3 Å². The molecule has 2 nitrogen and oxygen atoms in total. The first-order valence-corrected chi connectivity index (χ1v) is 5.82. The largest absolute Gasteiger partial charge is 0.461 e. The van der Waals surface area contributed by atoms with Crippen molar-refractivity contribution in [2.45, 2.75) is 49.1 Å². The van der Waals surface area contributed by atoms with Crippen molar-refractivity contribution < 1.29 is 9.53 Å². The smallest absolute Gasteiger partial charge is 0.305 e. The lowest BCUT2D eigenvalue weighted by atomic mass is 9.98. The van der Waals surface area contributed by atoms with Crippen molar-refractivity contribution in [2.75, 3.05) is 0 Å². The fraction of sp³-hybridized carbons (Fsp3) is 0.889. The number of halogens is 1. The first kappa shape index (κ1) is 10.3. The molecule has 1 rings (SSSR count). The summed E-state index contributed by atoms with van der Waals surface area (Å²) < 4.78 is 5.84. The standard InChI is InChI=1S/C9H15IO2/c1-2-9(11)12-8-6-4-3-5-7(8)10/h7-8H,2-6H2,1H3/t7-,8-/m0/s1. The van der Waals surface area contributed by atoms with Crippen molar-refractivity contribution in [2.24, 2.45) is 0 Å². The Kier molecular flexibility index (Phi) is 4.32. The van der Waals surface area contributed by atoms with Crippen LogP contribution in [0.2, 0.25) is 0 Å². The molecular weight excluding hydrogens is 267 g/mol. The van der Waals surface area contributed by atoms with E-state index in [1.807, 2.05) is 6.92 Å². The summed E-state index contributed by atoms with van der Waals surface area (Å²) in [7, 11) is 0. The molecular formula is C9H15IO2. The van der Waals surface area contributed by atoms with Gasteiger partial charge in [-0.3, -0.25) is 4.79 Å². The van der Waals surface area contributed by atoms with E-state index in [1.165, 1.54) is 19.3 Å². The van der Waals surface area contributed by atoms with Gasteiger partial charge in [0.05, 0.1) is 0 Å². The maximum atomic E-state index is 11.0. The minimum Gasteiger partial charge on any atom is -0.461 e. The van der Waals surface area contributed by atoms with Crippen LogP contribution in [0.15, 0.2) is 0 Å². The Balaban J connectivity index is 2.33. The molecule has 0 heterocycles. The highest BCUT2D eigenvalue weighted by molar-refractivity contribution is 14.1. The zero-order valence-corrected chi connectivity index (χ0v) is 9.54. The van der Waals surface area contributed by atoms with Crippen LogP contribution in [0.4, 0.5) is 0 Å². The van der Waals surface area contributed by atoms with Crippen LogP contribution in [-0.4, -0.2) is 16.0 Å². The Morgan fingerprint density at radius 3 is 2.75 bits per heavy atom. The lowest BCUT2D eigenvalue weighted by Gasteiger charge is -2.26. The SMILES string of the molecule is CCC(=O)O[C@H]1CCCC[C@@H]1I. The molecule has 0 aromatic heterocycles. The van der Waals surface area contributed by atoms with E-state index >= 15 is 0 Å². The first-order chi connectivity index (χ1) is 5.74. The van der Waals surface area contributed by atoms with Crippen LogP contribution < -0.4 is 0 Å². The predicted octanol–water partition coefficient (Wildman–Crippen LogP) is 2.69. The van der Waals surface area contributed by atoms with Gasteiger partial charge in [-0.05, 0) is 19.3 Å². The maximum absolute atomic E-state index is 11.0. The van der Waals surface area contributed by atoms with Gasteiger partial charge < -0.3 is 4.74 Å². The Morgan fingerprint density at radius 2 is 2.17 bits per heavy atom. The molecule has 1 fully saturated rings. The molecule has 0 saturated heterocycles. The van der Waals surface area contributed by atoms with E-state index in [0.717, 1.165) is 6.42 Å². The number of hydrogen-bond acceptors (Lipinski definition) is 2. The van der Waals surface area contributed by atoms with E-state index in [2.05, 4.69) is 22.6 Å². The van der Waals surface area contributed by atoms with Crippen LogP contribution in [0, 0.1) is 0 Å². The number of carbonyl (C=O) groups excluding carboxylic acids is 1. The molecule has 0 bridgehead atoms. The van der Waals surface area contributed by atoms with Gasteiger partial charge in [-0.1, -0.05) is 35.9 Å². The van der Waals surface area contributed by atoms with Gasteiger partial charge in [-0.25, -0.2) is 0 Å². The first-order valence-electron chi connectivity index (χ1n) is 4.57. The molecule has 0 unspecified atom stereocenters. The summed E-state index contributed by atoms with van der Waals surface area (Å²) in [5.74, 6) is -0.0523. The summed E-state index contributed by atoms with van der Waals surface area (Å²) in [6, 6.07) is 0. The van der Waals surface area contributed by atoms with Gasteiger partial charge in [-0.15, -0.1) is 0 Å². The topological polar surface area (TPSA) is 26.3 Å². The Labute approximate surface area is 87.2 Å². The number of alkyl halides is 1. The molecule has 1 aliphatic rings. The summed E-state index contributed by atoms with van der Waals surface area (Å²) in [5.41, 5.74) is 0. The second-order valence-electron chi connectivity index (χ2n) is 3.18. The molecule has 2 atom stereocenters. The third-order valence-electron chi connectivity index (χ3n) is 2.19. The average molecular weight is 282 g/mol. The highest BCUT2D eigenvalue weighted by Gasteiger charge is 2.25. The molecule has 0 N–H and O–H groups in total. The van der Waals surface area contributed by atoms with Gasteiger partial charge in [0.2, 0.25) is 0 Å². The predicted molar refractivity (Wildman–Crippen MR) is 56.4 cm³/mol. The van der Waals surface area contributed by atoms with Crippen molar-refractivity contribution in [1.82, 2.24) is 0 Å². The molecule has 3 heteroatoms. The average Bonchev–Trinajstić information content (AvgIpc) is 2.09. The maximum Gasteiger partial charge on any atom is 0.305 e. The van der Waals surface area contributed by atoms with Gasteiger partial charge >= 0.3 is 5.97 Å². The highest BCUT2D eigenvalue weighted by Crippen LogP contribution is 2.27. The minimum absolute atomic E-state index is 0.0523. The zero-order valence-electron chi connectivity index (χ0n) is 7.38. The van der Waals surface area contributed by atoms with Crippen molar-refractivity contribution in [1.29, 1.82) is 0 Å². The second kappa shape index (κ2) is 5.04. The van der Waals surface area contributed by atoms with Crippen LogP contribution in [0.25, 0.3) is 0 Å². The van der Waals surface area contributed by atoms with Gasteiger partial charge in [-0.2, -0.15) is 0 Å². The van der Waals surface area contributed by atoms with Crippen molar-refractivity contribution >= 4 is 28.6 Å². The van der Waals surface area contributed by atoms with Gasteiger partial charge in [0.15, 0.2) is 0 Å². The Morgan fingerprint density at radius 1 is 1.50 bits per heavy atom. The summed E-state index contributed by atoms with van der Waals surface area (Å²) in [6.07, 6.45) is 5.43. The van der Waals surface area contributed by atoms with E-state index < -0.39 is 0 Å². The normalized spacial score (nSPS) is 29.8. The van der Waals surface area contributed by atoms with Crippen LogP contribution in [0.3, 0.4) is 0 Å².